The fourth-order valence-electron chi connectivity index (χ4n) is 1.48. The van der Waals surface area contributed by atoms with Crippen LogP contribution in [0.4, 0.5) is 0 Å². The summed E-state index contributed by atoms with van der Waals surface area (Å²) in [5.74, 6) is -4.91. The topological polar surface area (TPSA) is 156 Å². The predicted molar refractivity (Wildman–Crippen MR) is 69.2 cm³/mol. The third-order valence-corrected chi connectivity index (χ3v) is 2.17. The van der Waals surface area contributed by atoms with E-state index in [4.69, 9.17) is 20.4 Å². The van der Waals surface area contributed by atoms with E-state index in [0.29, 0.717) is 0 Å². The van der Waals surface area contributed by atoms with E-state index in [1.165, 1.54) is 0 Å². The van der Waals surface area contributed by atoms with Gasteiger partial charge >= 0.3 is 23.9 Å². The third kappa shape index (κ3) is 13.3. The molecule has 0 amide bonds. The van der Waals surface area contributed by atoms with Crippen LogP contribution in [0.2, 0.25) is 0 Å². The maximum atomic E-state index is 10.6. The molecule has 21 heavy (non-hydrogen) atoms. The number of carboxylic acids is 4. The Morgan fingerprint density at radius 3 is 0.905 bits per heavy atom. The van der Waals surface area contributed by atoms with E-state index in [1.807, 2.05) is 0 Å². The smallest absolute Gasteiger partial charge is 0.317 e. The molecule has 0 fully saturated rings. The molecule has 0 rings (SSSR count). The van der Waals surface area contributed by atoms with Crippen LogP contribution in [0, 0.1) is 0 Å². The Balaban J connectivity index is 0. The van der Waals surface area contributed by atoms with Gasteiger partial charge in [-0.15, -0.1) is 0 Å². The summed E-state index contributed by atoms with van der Waals surface area (Å²) in [7, 11) is 0. The minimum atomic E-state index is -1.23. The van der Waals surface area contributed by atoms with Crippen molar-refractivity contribution in [2.75, 3.05) is 39.3 Å². The Kier molecular flexibility index (Phi) is 11.8. The van der Waals surface area contributed by atoms with Crippen LogP contribution < -0.4 is 0 Å². The molecule has 0 aliphatic rings. The van der Waals surface area contributed by atoms with Gasteiger partial charge in [0.1, 0.15) is 0 Å². The van der Waals surface area contributed by atoms with E-state index >= 15 is 0 Å². The molecule has 4 N–H and O–H groups in total. The Labute approximate surface area is 136 Å². The van der Waals surface area contributed by atoms with Gasteiger partial charge in [-0.25, -0.2) is 0 Å². The summed E-state index contributed by atoms with van der Waals surface area (Å²) in [5.41, 5.74) is 0. The minimum absolute atomic E-state index is 0. The monoisotopic (exact) mass is 412 g/mol. The number of hydrogen-bond donors (Lipinski definition) is 4. The Morgan fingerprint density at radius 1 is 0.571 bits per heavy atom. The molecule has 0 atom stereocenters. The number of rotatable bonds is 11. The Bertz CT molecular complexity index is 321. The van der Waals surface area contributed by atoms with Crippen molar-refractivity contribution in [2.45, 2.75) is 0 Å². The van der Waals surface area contributed by atoms with Crippen LogP contribution in [0.25, 0.3) is 0 Å². The first kappa shape index (κ1) is 21.9. The second-order valence-corrected chi connectivity index (χ2v) is 4.00. The van der Waals surface area contributed by atoms with Crippen LogP contribution in [0.15, 0.2) is 0 Å². The quantitative estimate of drug-likeness (QED) is 0.269. The van der Waals surface area contributed by atoms with Crippen LogP contribution in [0.3, 0.4) is 0 Å². The summed E-state index contributed by atoms with van der Waals surface area (Å²) in [6, 6.07) is 0. The fraction of sp³-hybridized carbons (Fsp3) is 0.600. The van der Waals surface area contributed by atoms with Gasteiger partial charge in [-0.3, -0.25) is 29.0 Å². The molecular formula is C10H16N2O8Sn. The van der Waals surface area contributed by atoms with Gasteiger partial charge in [-0.05, 0) is 0 Å². The molecule has 0 spiro atoms. The maximum absolute atomic E-state index is 10.6. The van der Waals surface area contributed by atoms with E-state index in [-0.39, 0.29) is 37.0 Å². The van der Waals surface area contributed by atoms with Crippen LogP contribution >= 0.6 is 0 Å². The molecule has 0 aromatic heterocycles. The molecule has 118 valence electrons. The third-order valence-electron chi connectivity index (χ3n) is 2.17. The molecule has 11 heteroatoms. The molecule has 0 aromatic rings. The summed E-state index contributed by atoms with van der Waals surface area (Å²) in [5, 5.41) is 34.5. The molecular weight excluding hydrogens is 395 g/mol. The van der Waals surface area contributed by atoms with Gasteiger partial charge < -0.3 is 20.4 Å². The molecule has 4 radical (unpaired) electrons. The van der Waals surface area contributed by atoms with Gasteiger partial charge in [0.05, 0.1) is 26.2 Å². The van der Waals surface area contributed by atoms with Gasteiger partial charge in [0.25, 0.3) is 0 Å². The SMILES string of the molecule is O=C(O)CN(CCN(CC(=O)O)CC(=O)O)CC(=O)O.[Sn]. The van der Waals surface area contributed by atoms with Crippen molar-refractivity contribution >= 4 is 47.8 Å². The fourth-order valence-corrected chi connectivity index (χ4v) is 1.48. The van der Waals surface area contributed by atoms with E-state index in [0.717, 1.165) is 9.80 Å². The summed E-state index contributed by atoms with van der Waals surface area (Å²) >= 11 is 0. The molecule has 0 aliphatic carbocycles. The number of hydrogen-bond acceptors (Lipinski definition) is 6. The van der Waals surface area contributed by atoms with Crippen LogP contribution in [-0.2, 0) is 19.2 Å². The van der Waals surface area contributed by atoms with Gasteiger partial charge in [0, 0.05) is 37.0 Å². The van der Waals surface area contributed by atoms with Gasteiger partial charge in [-0.2, -0.15) is 0 Å². The Morgan fingerprint density at radius 2 is 0.762 bits per heavy atom. The van der Waals surface area contributed by atoms with Gasteiger partial charge in [-0.1, -0.05) is 0 Å². The molecule has 0 aromatic carbocycles. The van der Waals surface area contributed by atoms with Crippen molar-refractivity contribution in [3.8, 4) is 0 Å². The van der Waals surface area contributed by atoms with Crippen LogP contribution in [0.1, 0.15) is 0 Å². The summed E-state index contributed by atoms with van der Waals surface area (Å²) < 4.78 is 0. The number of aliphatic carboxylic acids is 4. The van der Waals surface area contributed by atoms with Crippen molar-refractivity contribution in [3.63, 3.8) is 0 Å². The summed E-state index contributed by atoms with van der Waals surface area (Å²) in [6.45, 7) is -2.25. The van der Waals surface area contributed by atoms with E-state index in [1.54, 1.807) is 0 Å². The zero-order valence-corrected chi connectivity index (χ0v) is 13.9. The van der Waals surface area contributed by atoms with Crippen molar-refractivity contribution in [1.82, 2.24) is 9.80 Å². The standard InChI is InChI=1S/C10H16N2O8.Sn/c13-7(14)3-11(4-8(15)16)1-2-12(5-9(17)18)6-10(19)20;/h1-6H2,(H,13,14)(H,15,16)(H,17,18)(H,19,20);. The summed E-state index contributed by atoms with van der Waals surface area (Å²) in [6.07, 6.45) is 0. The number of nitrogens with zero attached hydrogens (tertiary/aromatic N) is 2. The van der Waals surface area contributed by atoms with Gasteiger partial charge in [0.2, 0.25) is 0 Å². The van der Waals surface area contributed by atoms with Crippen molar-refractivity contribution in [2.24, 2.45) is 0 Å². The summed E-state index contributed by atoms with van der Waals surface area (Å²) in [4.78, 5) is 44.4. The van der Waals surface area contributed by atoms with E-state index < -0.39 is 50.1 Å². The zero-order valence-electron chi connectivity index (χ0n) is 11.1. The van der Waals surface area contributed by atoms with Crippen LogP contribution in [0.5, 0.6) is 0 Å². The largest absolute Gasteiger partial charge is 0.480 e. The maximum Gasteiger partial charge on any atom is 0.317 e. The predicted octanol–water partition coefficient (Wildman–Crippen LogP) is -2.45. The van der Waals surface area contributed by atoms with Crippen LogP contribution in [-0.4, -0.2) is 117 Å². The normalized spacial score (nSPS) is 10.2. The minimum Gasteiger partial charge on any atom is -0.480 e. The zero-order chi connectivity index (χ0) is 15.7. The first-order valence-electron chi connectivity index (χ1n) is 5.52. The Hall–Kier alpha value is -1.40. The average Bonchev–Trinajstić information content (AvgIpc) is 2.22. The molecule has 0 heterocycles. The molecule has 0 bridgehead atoms. The number of carboxylic acid groups (broad SMARTS) is 4. The molecule has 0 unspecified atom stereocenters. The average molecular weight is 411 g/mol. The van der Waals surface area contributed by atoms with Crippen molar-refractivity contribution < 1.29 is 39.6 Å². The second kappa shape index (κ2) is 11.3. The first-order chi connectivity index (χ1) is 9.20. The molecule has 10 nitrogen and oxygen atoms in total. The van der Waals surface area contributed by atoms with E-state index in [2.05, 4.69) is 0 Å². The molecule has 0 saturated heterocycles. The molecule has 0 aliphatic heterocycles. The van der Waals surface area contributed by atoms with Crippen molar-refractivity contribution in [3.05, 3.63) is 0 Å². The van der Waals surface area contributed by atoms with Crippen molar-refractivity contribution in [1.29, 1.82) is 0 Å². The van der Waals surface area contributed by atoms with E-state index in [9.17, 15) is 19.2 Å². The van der Waals surface area contributed by atoms with Gasteiger partial charge in [0.15, 0.2) is 0 Å². The second-order valence-electron chi connectivity index (χ2n) is 4.00. The number of carbonyl (C=O) groups is 4. The first-order valence-corrected chi connectivity index (χ1v) is 5.52. The molecule has 0 saturated carbocycles.